The van der Waals surface area contributed by atoms with Gasteiger partial charge in [0.1, 0.15) is 18.1 Å². The summed E-state index contributed by atoms with van der Waals surface area (Å²) in [6.45, 7) is 0.406. The number of aliphatic imine (C=N–C) groups is 1. The van der Waals surface area contributed by atoms with Gasteiger partial charge in [0.2, 0.25) is 29.5 Å². The fourth-order valence-electron chi connectivity index (χ4n) is 3.65. The highest BCUT2D eigenvalue weighted by Crippen LogP contribution is 2.20. The lowest BCUT2D eigenvalue weighted by molar-refractivity contribution is -0.146. The lowest BCUT2D eigenvalue weighted by atomic mass is 10.1. The van der Waals surface area contributed by atoms with Gasteiger partial charge in [-0.25, -0.2) is 4.79 Å². The third kappa shape index (κ3) is 10.1. The van der Waals surface area contributed by atoms with Crippen molar-refractivity contribution in [2.24, 2.45) is 33.7 Å². The SMILES string of the molecule is NC(=O)CCC(NC(=O)C(N)CCCN=C(N)N)C(=O)N1CCCC1C(=O)NC(CC(N)=O)C(=O)O. The number of aliphatic carboxylic acids is 1. The Morgan fingerprint density at radius 1 is 0.972 bits per heavy atom. The number of nitrogens with one attached hydrogen (secondary N) is 2. The summed E-state index contributed by atoms with van der Waals surface area (Å²) in [7, 11) is 0. The summed E-state index contributed by atoms with van der Waals surface area (Å²) in [5.41, 5.74) is 26.6. The molecule has 1 rings (SSSR count). The number of guanidine groups is 1. The van der Waals surface area contributed by atoms with Gasteiger partial charge < -0.3 is 49.3 Å². The van der Waals surface area contributed by atoms with Crippen molar-refractivity contribution < 1.29 is 33.9 Å². The molecule has 1 saturated heterocycles. The number of carboxylic acid groups (broad SMARTS) is 1. The molecular formula is C20H35N9O7. The molecule has 1 aliphatic rings. The molecule has 1 heterocycles. The largest absolute Gasteiger partial charge is 0.480 e. The predicted molar refractivity (Wildman–Crippen MR) is 126 cm³/mol. The van der Waals surface area contributed by atoms with Crippen molar-refractivity contribution in [1.82, 2.24) is 15.5 Å². The molecule has 4 unspecified atom stereocenters. The predicted octanol–water partition coefficient (Wildman–Crippen LogP) is -4.45. The Morgan fingerprint density at radius 3 is 2.19 bits per heavy atom. The Balaban J connectivity index is 2.92. The second kappa shape index (κ2) is 14.4. The maximum Gasteiger partial charge on any atom is 0.326 e. The van der Waals surface area contributed by atoms with E-state index in [1.807, 2.05) is 0 Å². The van der Waals surface area contributed by atoms with E-state index < -0.39 is 66.1 Å². The monoisotopic (exact) mass is 513 g/mol. The van der Waals surface area contributed by atoms with Crippen LogP contribution in [0.3, 0.4) is 0 Å². The fourth-order valence-corrected chi connectivity index (χ4v) is 3.65. The summed E-state index contributed by atoms with van der Waals surface area (Å²) < 4.78 is 0. The zero-order chi connectivity index (χ0) is 27.4. The van der Waals surface area contributed by atoms with Gasteiger partial charge in [0.15, 0.2) is 5.96 Å². The zero-order valence-corrected chi connectivity index (χ0v) is 19.9. The van der Waals surface area contributed by atoms with Crippen LogP contribution in [-0.2, 0) is 28.8 Å². The van der Waals surface area contributed by atoms with Gasteiger partial charge in [-0.3, -0.25) is 29.0 Å². The van der Waals surface area contributed by atoms with Crippen molar-refractivity contribution in [3.8, 4) is 0 Å². The molecule has 16 heteroatoms. The molecule has 0 bridgehead atoms. The molecule has 0 aromatic carbocycles. The third-order valence-corrected chi connectivity index (χ3v) is 5.46. The normalized spacial score (nSPS) is 17.4. The molecule has 0 aliphatic carbocycles. The van der Waals surface area contributed by atoms with Crippen LogP contribution < -0.4 is 39.3 Å². The molecule has 0 spiro atoms. The maximum absolute atomic E-state index is 13.3. The number of carbonyl (C=O) groups is 6. The van der Waals surface area contributed by atoms with Crippen LogP contribution in [0.5, 0.6) is 0 Å². The molecule has 16 nitrogen and oxygen atoms in total. The van der Waals surface area contributed by atoms with Crippen molar-refractivity contribution in [2.45, 2.75) is 69.1 Å². The van der Waals surface area contributed by atoms with E-state index in [1.165, 1.54) is 4.90 Å². The Hall–Kier alpha value is -3.95. The van der Waals surface area contributed by atoms with Gasteiger partial charge in [0.25, 0.3) is 0 Å². The van der Waals surface area contributed by atoms with Crippen LogP contribution in [0.15, 0.2) is 4.99 Å². The van der Waals surface area contributed by atoms with Gasteiger partial charge in [-0.15, -0.1) is 0 Å². The van der Waals surface area contributed by atoms with Crippen LogP contribution in [-0.4, -0.2) is 88.7 Å². The van der Waals surface area contributed by atoms with E-state index in [-0.39, 0.29) is 44.7 Å². The molecule has 5 amide bonds. The number of hydrogen-bond donors (Lipinski definition) is 8. The van der Waals surface area contributed by atoms with Gasteiger partial charge in [-0.1, -0.05) is 0 Å². The summed E-state index contributed by atoms with van der Waals surface area (Å²) in [6.07, 6.45) is 0.284. The highest BCUT2D eigenvalue weighted by atomic mass is 16.4. The fraction of sp³-hybridized carbons (Fsp3) is 0.650. The first-order valence-electron chi connectivity index (χ1n) is 11.3. The lowest BCUT2D eigenvalue weighted by Crippen LogP contribution is -2.57. The molecular weight excluding hydrogens is 478 g/mol. The van der Waals surface area contributed by atoms with E-state index in [0.717, 1.165) is 0 Å². The van der Waals surface area contributed by atoms with E-state index in [2.05, 4.69) is 15.6 Å². The second-order valence-electron chi connectivity index (χ2n) is 8.38. The Kier molecular flexibility index (Phi) is 12.1. The first-order chi connectivity index (χ1) is 16.8. The number of rotatable bonds is 15. The molecule has 0 radical (unpaired) electrons. The van der Waals surface area contributed by atoms with E-state index in [9.17, 15) is 33.9 Å². The average molecular weight is 514 g/mol. The van der Waals surface area contributed by atoms with Crippen LogP contribution in [0.4, 0.5) is 0 Å². The molecule has 0 aromatic rings. The quantitative estimate of drug-likeness (QED) is 0.0590. The van der Waals surface area contributed by atoms with Gasteiger partial charge in [0.05, 0.1) is 12.5 Å². The number of likely N-dealkylation sites (tertiary alicyclic amines) is 1. The smallest absolute Gasteiger partial charge is 0.326 e. The highest BCUT2D eigenvalue weighted by Gasteiger charge is 2.39. The third-order valence-electron chi connectivity index (χ3n) is 5.46. The summed E-state index contributed by atoms with van der Waals surface area (Å²) in [5.74, 6) is -5.28. The summed E-state index contributed by atoms with van der Waals surface area (Å²) in [4.78, 5) is 77.3. The number of hydrogen-bond acceptors (Lipinski definition) is 8. The Labute approximate surface area is 207 Å². The molecule has 0 saturated carbocycles. The minimum Gasteiger partial charge on any atom is -0.480 e. The minimum atomic E-state index is -1.56. The van der Waals surface area contributed by atoms with Crippen LogP contribution in [0.25, 0.3) is 0 Å². The lowest BCUT2D eigenvalue weighted by Gasteiger charge is -2.29. The first-order valence-corrected chi connectivity index (χ1v) is 11.3. The highest BCUT2D eigenvalue weighted by molar-refractivity contribution is 5.95. The van der Waals surface area contributed by atoms with Gasteiger partial charge in [-0.2, -0.15) is 0 Å². The number of carbonyl (C=O) groups excluding carboxylic acids is 5. The van der Waals surface area contributed by atoms with Crippen molar-refractivity contribution in [1.29, 1.82) is 0 Å². The summed E-state index contributed by atoms with van der Waals surface area (Å²) in [5, 5.41) is 14.0. The zero-order valence-electron chi connectivity index (χ0n) is 19.9. The van der Waals surface area contributed by atoms with Crippen molar-refractivity contribution in [2.75, 3.05) is 13.1 Å². The number of carboxylic acids is 1. The summed E-state index contributed by atoms with van der Waals surface area (Å²) >= 11 is 0. The topological polar surface area (TPSA) is 292 Å². The molecule has 13 N–H and O–H groups in total. The van der Waals surface area contributed by atoms with Gasteiger partial charge in [-0.05, 0) is 32.1 Å². The van der Waals surface area contributed by atoms with Gasteiger partial charge >= 0.3 is 5.97 Å². The molecule has 4 atom stereocenters. The van der Waals surface area contributed by atoms with Crippen molar-refractivity contribution >= 4 is 41.5 Å². The Morgan fingerprint density at radius 2 is 1.64 bits per heavy atom. The van der Waals surface area contributed by atoms with E-state index in [4.69, 9.17) is 28.7 Å². The maximum atomic E-state index is 13.3. The van der Waals surface area contributed by atoms with Crippen molar-refractivity contribution in [3.63, 3.8) is 0 Å². The first kappa shape index (κ1) is 30.1. The van der Waals surface area contributed by atoms with E-state index in [1.54, 1.807) is 0 Å². The molecule has 1 aliphatic heterocycles. The standard InChI is InChI=1S/C20H35N9O7/c21-10(3-1-7-26-20(24)25)16(32)27-11(5-6-14(22)30)18(34)29-8-2-4-13(29)17(33)28-12(19(35)36)9-15(23)31/h10-13H,1-9,21H2,(H2,22,30)(H2,23,31)(H,27,32)(H,28,33)(H,35,36)(H4,24,25,26). The van der Waals surface area contributed by atoms with E-state index >= 15 is 0 Å². The summed E-state index contributed by atoms with van der Waals surface area (Å²) in [6, 6.07) is -4.81. The number of primary amides is 2. The van der Waals surface area contributed by atoms with Crippen LogP contribution in [0, 0.1) is 0 Å². The number of nitrogens with zero attached hydrogens (tertiary/aromatic N) is 2. The van der Waals surface area contributed by atoms with Crippen LogP contribution >= 0.6 is 0 Å². The minimum absolute atomic E-state index is 0.0985. The van der Waals surface area contributed by atoms with Crippen LogP contribution in [0.2, 0.25) is 0 Å². The van der Waals surface area contributed by atoms with E-state index in [0.29, 0.717) is 12.8 Å². The Bertz CT molecular complexity index is 876. The molecule has 0 aromatic heterocycles. The number of amides is 5. The molecule has 1 fully saturated rings. The van der Waals surface area contributed by atoms with Crippen LogP contribution in [0.1, 0.15) is 44.9 Å². The average Bonchev–Trinajstić information content (AvgIpc) is 3.27. The number of nitrogens with two attached hydrogens (primary N) is 5. The van der Waals surface area contributed by atoms with Gasteiger partial charge in [0, 0.05) is 19.5 Å². The second-order valence-corrected chi connectivity index (χ2v) is 8.38. The molecule has 202 valence electrons. The van der Waals surface area contributed by atoms with Crippen molar-refractivity contribution in [3.05, 3.63) is 0 Å². The molecule has 36 heavy (non-hydrogen) atoms.